The second kappa shape index (κ2) is 6.39. The Morgan fingerprint density at radius 1 is 1.41 bits per heavy atom. The van der Waals surface area contributed by atoms with E-state index in [1.54, 1.807) is 6.07 Å². The maximum atomic E-state index is 12.2. The minimum atomic E-state index is -0.718. The molecular formula is C13H11FN6OS. The SMILES string of the molecule is O=C(CCF)Nc1cc(-n2cncn2)nc(-c2cccs2)n1. The molecule has 0 atom stereocenters. The molecule has 0 fully saturated rings. The number of carbonyl (C=O) groups excluding carboxylic acids is 1. The van der Waals surface area contributed by atoms with Crippen LogP contribution in [0.15, 0.2) is 36.2 Å². The number of rotatable bonds is 5. The van der Waals surface area contributed by atoms with Gasteiger partial charge in [0.25, 0.3) is 0 Å². The van der Waals surface area contributed by atoms with E-state index in [2.05, 4.69) is 25.4 Å². The number of halogens is 1. The minimum Gasteiger partial charge on any atom is -0.310 e. The number of carbonyl (C=O) groups is 1. The quantitative estimate of drug-likeness (QED) is 0.778. The fourth-order valence-electron chi connectivity index (χ4n) is 1.75. The van der Waals surface area contributed by atoms with Crippen molar-refractivity contribution in [3.63, 3.8) is 0 Å². The molecule has 0 spiro atoms. The monoisotopic (exact) mass is 318 g/mol. The molecule has 3 aromatic rings. The number of aromatic nitrogens is 5. The van der Waals surface area contributed by atoms with Gasteiger partial charge in [-0.3, -0.25) is 9.18 Å². The van der Waals surface area contributed by atoms with Gasteiger partial charge in [-0.15, -0.1) is 11.3 Å². The van der Waals surface area contributed by atoms with Crippen LogP contribution in [0.25, 0.3) is 16.5 Å². The first-order valence-electron chi connectivity index (χ1n) is 6.40. The van der Waals surface area contributed by atoms with Crippen LogP contribution >= 0.6 is 11.3 Å². The Hall–Kier alpha value is -2.68. The van der Waals surface area contributed by atoms with Gasteiger partial charge < -0.3 is 5.32 Å². The molecule has 0 aliphatic carbocycles. The third kappa shape index (κ3) is 3.14. The highest BCUT2D eigenvalue weighted by molar-refractivity contribution is 7.13. The summed E-state index contributed by atoms with van der Waals surface area (Å²) in [5.74, 6) is 0.773. The molecule has 112 valence electrons. The van der Waals surface area contributed by atoms with Gasteiger partial charge in [-0.2, -0.15) is 5.10 Å². The van der Waals surface area contributed by atoms with Gasteiger partial charge in [-0.25, -0.2) is 19.6 Å². The first kappa shape index (κ1) is 14.3. The highest BCUT2D eigenvalue weighted by atomic mass is 32.1. The Morgan fingerprint density at radius 3 is 3.00 bits per heavy atom. The highest BCUT2D eigenvalue weighted by Gasteiger charge is 2.11. The summed E-state index contributed by atoms with van der Waals surface area (Å²) in [5, 5.41) is 8.48. The van der Waals surface area contributed by atoms with E-state index in [4.69, 9.17) is 0 Å². The predicted molar refractivity (Wildman–Crippen MR) is 79.5 cm³/mol. The third-order valence-corrected chi connectivity index (χ3v) is 3.56. The molecule has 7 nitrogen and oxygen atoms in total. The number of anilines is 1. The summed E-state index contributed by atoms with van der Waals surface area (Å²) in [6.07, 6.45) is 2.67. The number of amides is 1. The molecule has 22 heavy (non-hydrogen) atoms. The van der Waals surface area contributed by atoms with E-state index in [0.717, 1.165) is 4.88 Å². The molecule has 0 saturated carbocycles. The number of hydrogen-bond donors (Lipinski definition) is 1. The van der Waals surface area contributed by atoms with E-state index in [1.807, 2.05) is 17.5 Å². The van der Waals surface area contributed by atoms with E-state index in [1.165, 1.54) is 28.7 Å². The van der Waals surface area contributed by atoms with Gasteiger partial charge in [0.1, 0.15) is 18.5 Å². The van der Waals surface area contributed by atoms with Crippen molar-refractivity contribution in [2.24, 2.45) is 0 Å². The fraction of sp³-hybridized carbons (Fsp3) is 0.154. The van der Waals surface area contributed by atoms with Crippen LogP contribution in [0.5, 0.6) is 0 Å². The molecule has 3 aromatic heterocycles. The van der Waals surface area contributed by atoms with Crippen LogP contribution in [0.4, 0.5) is 10.2 Å². The Kier molecular flexibility index (Phi) is 4.15. The summed E-state index contributed by atoms with van der Waals surface area (Å²) in [4.78, 5) is 25.0. The summed E-state index contributed by atoms with van der Waals surface area (Å²) in [6.45, 7) is -0.718. The first-order chi connectivity index (χ1) is 10.8. The van der Waals surface area contributed by atoms with Gasteiger partial charge in [0.05, 0.1) is 18.0 Å². The standard InChI is InChI=1S/C13H11FN6OS/c14-4-3-12(21)17-10-6-11(20-8-15-7-16-20)19-13(18-10)9-2-1-5-22-9/h1-2,5-8H,3-4H2,(H,17,18,19,21). The van der Waals surface area contributed by atoms with Gasteiger partial charge >= 0.3 is 0 Å². The first-order valence-corrected chi connectivity index (χ1v) is 7.28. The molecule has 3 rings (SSSR count). The average molecular weight is 318 g/mol. The maximum absolute atomic E-state index is 12.2. The molecule has 0 saturated heterocycles. The zero-order chi connectivity index (χ0) is 15.4. The Labute approximate surface area is 128 Å². The number of hydrogen-bond acceptors (Lipinski definition) is 6. The Bertz CT molecular complexity index is 706. The molecular weight excluding hydrogens is 307 g/mol. The van der Waals surface area contributed by atoms with Crippen molar-refractivity contribution in [1.29, 1.82) is 0 Å². The lowest BCUT2D eigenvalue weighted by atomic mass is 10.4. The van der Waals surface area contributed by atoms with Crippen LogP contribution in [0.1, 0.15) is 6.42 Å². The lowest BCUT2D eigenvalue weighted by Gasteiger charge is -2.08. The summed E-state index contributed by atoms with van der Waals surface area (Å²) in [6, 6.07) is 5.31. The highest BCUT2D eigenvalue weighted by Crippen LogP contribution is 2.23. The van der Waals surface area contributed by atoms with Crippen LogP contribution in [-0.4, -0.2) is 37.3 Å². The number of nitrogens with one attached hydrogen (secondary N) is 1. The summed E-state index contributed by atoms with van der Waals surface area (Å²) in [5.41, 5.74) is 0. The summed E-state index contributed by atoms with van der Waals surface area (Å²) in [7, 11) is 0. The smallest absolute Gasteiger partial charge is 0.228 e. The lowest BCUT2D eigenvalue weighted by molar-refractivity contribution is -0.116. The van der Waals surface area contributed by atoms with Crippen molar-refractivity contribution < 1.29 is 9.18 Å². The number of thiophene rings is 1. The molecule has 0 radical (unpaired) electrons. The van der Waals surface area contributed by atoms with Gasteiger partial charge in [0.2, 0.25) is 5.91 Å². The number of nitrogens with zero attached hydrogens (tertiary/aromatic N) is 5. The zero-order valence-electron chi connectivity index (χ0n) is 11.3. The average Bonchev–Trinajstić information content (AvgIpc) is 3.21. The van der Waals surface area contributed by atoms with Gasteiger partial charge in [0, 0.05) is 6.07 Å². The van der Waals surface area contributed by atoms with E-state index < -0.39 is 12.6 Å². The van der Waals surface area contributed by atoms with Crippen molar-refractivity contribution in [3.05, 3.63) is 36.2 Å². The normalized spacial score (nSPS) is 10.6. The van der Waals surface area contributed by atoms with E-state index in [9.17, 15) is 9.18 Å². The van der Waals surface area contributed by atoms with Crippen LogP contribution < -0.4 is 5.32 Å². The van der Waals surface area contributed by atoms with E-state index in [-0.39, 0.29) is 6.42 Å². The van der Waals surface area contributed by atoms with E-state index >= 15 is 0 Å². The van der Waals surface area contributed by atoms with Gasteiger partial charge in [-0.05, 0) is 11.4 Å². The summed E-state index contributed by atoms with van der Waals surface area (Å²) < 4.78 is 13.7. The van der Waals surface area contributed by atoms with Crippen molar-refractivity contribution >= 4 is 23.1 Å². The van der Waals surface area contributed by atoms with Crippen molar-refractivity contribution in [3.8, 4) is 16.5 Å². The topological polar surface area (TPSA) is 85.6 Å². The predicted octanol–water partition coefficient (Wildman–Crippen LogP) is 2.08. The van der Waals surface area contributed by atoms with Crippen LogP contribution in [0.2, 0.25) is 0 Å². The van der Waals surface area contributed by atoms with Crippen LogP contribution in [0.3, 0.4) is 0 Å². The molecule has 9 heteroatoms. The van der Waals surface area contributed by atoms with Gasteiger partial charge in [0.15, 0.2) is 11.6 Å². The molecule has 1 amide bonds. The molecule has 0 aliphatic heterocycles. The second-order valence-electron chi connectivity index (χ2n) is 4.24. The Balaban J connectivity index is 2.00. The molecule has 3 heterocycles. The maximum Gasteiger partial charge on any atom is 0.228 e. The molecule has 0 unspecified atom stereocenters. The van der Waals surface area contributed by atoms with Crippen LogP contribution in [-0.2, 0) is 4.79 Å². The minimum absolute atomic E-state index is 0.211. The van der Waals surface area contributed by atoms with Crippen molar-refractivity contribution in [2.75, 3.05) is 12.0 Å². The zero-order valence-corrected chi connectivity index (χ0v) is 12.1. The fourth-order valence-corrected chi connectivity index (χ4v) is 2.41. The summed E-state index contributed by atoms with van der Waals surface area (Å²) >= 11 is 1.48. The second-order valence-corrected chi connectivity index (χ2v) is 5.19. The van der Waals surface area contributed by atoms with E-state index in [0.29, 0.717) is 17.5 Å². The lowest BCUT2D eigenvalue weighted by Crippen LogP contribution is -2.14. The van der Waals surface area contributed by atoms with Gasteiger partial charge in [-0.1, -0.05) is 6.07 Å². The molecule has 0 bridgehead atoms. The van der Waals surface area contributed by atoms with Crippen molar-refractivity contribution in [1.82, 2.24) is 24.7 Å². The molecule has 0 aromatic carbocycles. The van der Waals surface area contributed by atoms with Crippen LogP contribution in [0, 0.1) is 0 Å². The Morgan fingerprint density at radius 2 is 2.32 bits per heavy atom. The molecule has 0 aliphatic rings. The van der Waals surface area contributed by atoms with Crippen molar-refractivity contribution in [2.45, 2.75) is 6.42 Å². The number of alkyl halides is 1. The molecule has 1 N–H and O–H groups in total. The largest absolute Gasteiger partial charge is 0.310 e. The third-order valence-electron chi connectivity index (χ3n) is 2.70.